The van der Waals surface area contributed by atoms with Gasteiger partial charge in [-0.3, -0.25) is 0 Å². The summed E-state index contributed by atoms with van der Waals surface area (Å²) in [4.78, 5) is 7.64. The minimum atomic E-state index is -4.23. The van der Waals surface area contributed by atoms with Crippen molar-refractivity contribution in [3.63, 3.8) is 0 Å². The summed E-state index contributed by atoms with van der Waals surface area (Å²) in [5.74, 6) is 0.214. The van der Waals surface area contributed by atoms with Gasteiger partial charge in [0, 0.05) is 11.8 Å². The summed E-state index contributed by atoms with van der Waals surface area (Å²) in [5, 5.41) is 2.21. The first-order chi connectivity index (χ1) is 7.01. The molecule has 0 saturated heterocycles. The van der Waals surface area contributed by atoms with Gasteiger partial charge in [-0.25, -0.2) is 9.97 Å². The van der Waals surface area contributed by atoms with Gasteiger partial charge in [0.15, 0.2) is 0 Å². The molecule has 0 atom stereocenters. The van der Waals surface area contributed by atoms with Crippen LogP contribution in [-0.2, 0) is 6.42 Å². The number of hydrogen-bond donors (Lipinski definition) is 1. The van der Waals surface area contributed by atoms with Crippen molar-refractivity contribution >= 4 is 5.82 Å². The number of halogens is 3. The lowest BCUT2D eigenvalue weighted by molar-refractivity contribution is -0.115. The molecule has 15 heavy (non-hydrogen) atoms. The normalized spacial score (nSPS) is 11.5. The lowest BCUT2D eigenvalue weighted by Crippen LogP contribution is -2.21. The van der Waals surface area contributed by atoms with Crippen LogP contribution in [0.4, 0.5) is 19.0 Å². The zero-order valence-corrected chi connectivity index (χ0v) is 8.30. The van der Waals surface area contributed by atoms with Gasteiger partial charge in [0.05, 0.1) is 0 Å². The van der Waals surface area contributed by atoms with Gasteiger partial charge in [-0.05, 0) is 6.42 Å². The number of nitrogens with zero attached hydrogens (tertiary/aromatic N) is 2. The van der Waals surface area contributed by atoms with Crippen molar-refractivity contribution < 1.29 is 13.2 Å². The van der Waals surface area contributed by atoms with Gasteiger partial charge in [-0.15, -0.1) is 0 Å². The lowest BCUT2D eigenvalue weighted by atomic mass is 10.2. The first-order valence-corrected chi connectivity index (χ1v) is 4.63. The van der Waals surface area contributed by atoms with E-state index >= 15 is 0 Å². The zero-order chi connectivity index (χ0) is 11.3. The fourth-order valence-electron chi connectivity index (χ4n) is 1.08. The minimum absolute atomic E-state index is 0.214. The Morgan fingerprint density at radius 2 is 2.07 bits per heavy atom. The van der Waals surface area contributed by atoms with Crippen molar-refractivity contribution in [3.8, 4) is 0 Å². The van der Waals surface area contributed by atoms with E-state index in [2.05, 4.69) is 15.3 Å². The number of hydrogen-bond acceptors (Lipinski definition) is 3. The van der Waals surface area contributed by atoms with Gasteiger partial charge >= 0.3 is 6.18 Å². The van der Waals surface area contributed by atoms with Crippen molar-refractivity contribution in [1.82, 2.24) is 9.97 Å². The largest absolute Gasteiger partial charge is 0.405 e. The number of alkyl halides is 3. The molecule has 0 unspecified atom stereocenters. The van der Waals surface area contributed by atoms with Crippen molar-refractivity contribution in [2.45, 2.75) is 25.9 Å². The van der Waals surface area contributed by atoms with E-state index in [1.165, 1.54) is 12.4 Å². The molecule has 1 aromatic heterocycles. The van der Waals surface area contributed by atoms with Gasteiger partial charge < -0.3 is 5.32 Å². The molecule has 0 amide bonds. The fraction of sp³-hybridized carbons (Fsp3) is 0.556. The summed E-state index contributed by atoms with van der Waals surface area (Å²) in [6.07, 6.45) is -1.32. The molecule has 0 aliphatic heterocycles. The van der Waals surface area contributed by atoms with Crippen LogP contribution >= 0.6 is 0 Å². The van der Waals surface area contributed by atoms with E-state index in [0.29, 0.717) is 0 Å². The average molecular weight is 219 g/mol. The van der Waals surface area contributed by atoms with Gasteiger partial charge in [0.1, 0.15) is 18.7 Å². The molecule has 0 radical (unpaired) electrons. The quantitative estimate of drug-likeness (QED) is 0.844. The highest BCUT2D eigenvalue weighted by atomic mass is 19.4. The van der Waals surface area contributed by atoms with Crippen molar-refractivity contribution in [1.29, 1.82) is 0 Å². The van der Waals surface area contributed by atoms with Crippen LogP contribution in [0.15, 0.2) is 12.4 Å². The van der Waals surface area contributed by atoms with Crippen molar-refractivity contribution in [2.24, 2.45) is 0 Å². The van der Waals surface area contributed by atoms with E-state index in [0.717, 1.165) is 18.5 Å². The smallest absolute Gasteiger partial charge is 0.361 e. The Labute approximate surface area is 85.7 Å². The predicted molar refractivity (Wildman–Crippen MR) is 50.6 cm³/mol. The minimum Gasteiger partial charge on any atom is -0.361 e. The SMILES string of the molecule is CCCc1cc(NCC(F)(F)F)ncn1. The Balaban J connectivity index is 2.57. The van der Waals surface area contributed by atoms with Crippen LogP contribution in [0.2, 0.25) is 0 Å². The summed E-state index contributed by atoms with van der Waals surface area (Å²) in [7, 11) is 0. The fourth-order valence-corrected chi connectivity index (χ4v) is 1.08. The van der Waals surface area contributed by atoms with Crippen molar-refractivity contribution in [3.05, 3.63) is 18.1 Å². The Morgan fingerprint density at radius 1 is 1.33 bits per heavy atom. The molecule has 0 aromatic carbocycles. The van der Waals surface area contributed by atoms with Crippen LogP contribution in [0.5, 0.6) is 0 Å². The molecule has 1 heterocycles. The summed E-state index contributed by atoms with van der Waals surface area (Å²) >= 11 is 0. The highest BCUT2D eigenvalue weighted by molar-refractivity contribution is 5.34. The van der Waals surface area contributed by atoms with Gasteiger partial charge in [0.2, 0.25) is 0 Å². The predicted octanol–water partition coefficient (Wildman–Crippen LogP) is 2.40. The van der Waals surface area contributed by atoms with Gasteiger partial charge in [0.25, 0.3) is 0 Å². The Kier molecular flexibility index (Phi) is 3.88. The summed E-state index contributed by atoms with van der Waals surface area (Å²) in [6.45, 7) is 0.903. The molecule has 0 spiro atoms. The Hall–Kier alpha value is -1.33. The molecule has 0 bridgehead atoms. The second-order valence-electron chi connectivity index (χ2n) is 3.11. The first kappa shape index (κ1) is 11.7. The van der Waals surface area contributed by atoms with E-state index in [4.69, 9.17) is 0 Å². The number of aryl methyl sites for hydroxylation is 1. The zero-order valence-electron chi connectivity index (χ0n) is 8.30. The first-order valence-electron chi connectivity index (χ1n) is 4.63. The standard InChI is InChI=1S/C9H12F3N3/c1-2-3-7-4-8(15-6-14-7)13-5-9(10,11)12/h4,6H,2-3,5H2,1H3,(H,13,14,15). The molecule has 1 aromatic rings. The van der Waals surface area contributed by atoms with Crippen LogP contribution in [0.25, 0.3) is 0 Å². The molecular formula is C9H12F3N3. The monoisotopic (exact) mass is 219 g/mol. The molecule has 0 saturated carbocycles. The lowest BCUT2D eigenvalue weighted by Gasteiger charge is -2.08. The molecule has 6 heteroatoms. The number of nitrogens with one attached hydrogen (secondary N) is 1. The Morgan fingerprint density at radius 3 is 2.67 bits per heavy atom. The molecule has 84 valence electrons. The third-order valence-corrected chi connectivity index (χ3v) is 1.70. The third kappa shape index (κ3) is 4.62. The third-order valence-electron chi connectivity index (χ3n) is 1.70. The van der Waals surface area contributed by atoms with Gasteiger partial charge in [-0.2, -0.15) is 13.2 Å². The highest BCUT2D eigenvalue weighted by Gasteiger charge is 2.26. The number of rotatable bonds is 4. The van der Waals surface area contributed by atoms with Crippen LogP contribution in [0.3, 0.4) is 0 Å². The van der Waals surface area contributed by atoms with Crippen LogP contribution in [-0.4, -0.2) is 22.7 Å². The maximum absolute atomic E-state index is 11.9. The molecule has 0 aliphatic carbocycles. The number of aromatic nitrogens is 2. The topological polar surface area (TPSA) is 37.8 Å². The summed E-state index contributed by atoms with van der Waals surface area (Å²) in [6, 6.07) is 1.54. The van der Waals surface area contributed by atoms with Crippen LogP contribution < -0.4 is 5.32 Å². The maximum Gasteiger partial charge on any atom is 0.405 e. The molecular weight excluding hydrogens is 207 g/mol. The number of anilines is 1. The summed E-state index contributed by atoms with van der Waals surface area (Å²) in [5.41, 5.74) is 0.747. The molecule has 3 nitrogen and oxygen atoms in total. The highest BCUT2D eigenvalue weighted by Crippen LogP contribution is 2.15. The van der Waals surface area contributed by atoms with Crippen LogP contribution in [0, 0.1) is 0 Å². The van der Waals surface area contributed by atoms with E-state index in [1.807, 2.05) is 6.92 Å². The molecule has 0 fully saturated rings. The van der Waals surface area contributed by atoms with Crippen molar-refractivity contribution in [2.75, 3.05) is 11.9 Å². The van der Waals surface area contributed by atoms with E-state index < -0.39 is 12.7 Å². The van der Waals surface area contributed by atoms with Gasteiger partial charge in [-0.1, -0.05) is 13.3 Å². The van der Waals surface area contributed by atoms with E-state index in [9.17, 15) is 13.2 Å². The van der Waals surface area contributed by atoms with Crippen LogP contribution in [0.1, 0.15) is 19.0 Å². The maximum atomic E-state index is 11.9. The second kappa shape index (κ2) is 4.95. The second-order valence-corrected chi connectivity index (χ2v) is 3.11. The van der Waals surface area contributed by atoms with E-state index in [1.54, 1.807) is 0 Å². The average Bonchev–Trinajstić information content (AvgIpc) is 2.15. The molecule has 1 rings (SSSR count). The van der Waals surface area contributed by atoms with E-state index in [-0.39, 0.29) is 5.82 Å². The summed E-state index contributed by atoms with van der Waals surface area (Å²) < 4.78 is 35.7. The Bertz CT molecular complexity index is 312. The molecule has 1 N–H and O–H groups in total. The molecule has 0 aliphatic rings.